The minimum atomic E-state index is -0.345. The molecule has 0 unspecified atom stereocenters. The smallest absolute Gasteiger partial charge is 0.295 e. The molecule has 0 aliphatic rings. The van der Waals surface area contributed by atoms with E-state index in [1.165, 1.54) is 28.6 Å². The number of carbonyl (C=O) groups is 2. The first-order valence-electron chi connectivity index (χ1n) is 11.7. The van der Waals surface area contributed by atoms with Crippen LogP contribution in [0.4, 0.5) is 10.1 Å². The number of thioether (sulfide) groups is 1. The highest BCUT2D eigenvalue weighted by atomic mass is 32.2. The summed E-state index contributed by atoms with van der Waals surface area (Å²) in [6.07, 6.45) is 0.570. The molecule has 4 rings (SSSR count). The van der Waals surface area contributed by atoms with Crippen molar-refractivity contribution in [3.63, 3.8) is 0 Å². The van der Waals surface area contributed by atoms with Crippen molar-refractivity contribution in [1.29, 1.82) is 0 Å². The van der Waals surface area contributed by atoms with E-state index in [9.17, 15) is 18.8 Å². The fourth-order valence-corrected chi connectivity index (χ4v) is 4.73. The van der Waals surface area contributed by atoms with Crippen LogP contribution in [0, 0.1) is 12.7 Å². The molecule has 2 amide bonds. The van der Waals surface area contributed by atoms with E-state index < -0.39 is 0 Å². The summed E-state index contributed by atoms with van der Waals surface area (Å²) in [5.41, 5.74) is 2.63. The van der Waals surface area contributed by atoms with Gasteiger partial charge in [0, 0.05) is 18.5 Å². The van der Waals surface area contributed by atoms with Gasteiger partial charge < -0.3 is 10.6 Å². The Morgan fingerprint density at radius 2 is 1.62 bits per heavy atom. The van der Waals surface area contributed by atoms with Crippen LogP contribution in [-0.2, 0) is 18.3 Å². The maximum absolute atomic E-state index is 13.1. The summed E-state index contributed by atoms with van der Waals surface area (Å²) in [4.78, 5) is 39.2. The average molecular weight is 519 g/mol. The van der Waals surface area contributed by atoms with E-state index >= 15 is 0 Å². The maximum Gasteiger partial charge on any atom is 0.295 e. The Balaban J connectivity index is 1.38. The molecule has 37 heavy (non-hydrogen) atoms. The van der Waals surface area contributed by atoms with Crippen LogP contribution < -0.4 is 16.2 Å². The van der Waals surface area contributed by atoms with Gasteiger partial charge in [-0.3, -0.25) is 19.1 Å². The van der Waals surface area contributed by atoms with Crippen LogP contribution in [0.2, 0.25) is 0 Å². The van der Waals surface area contributed by atoms with Crippen molar-refractivity contribution >= 4 is 29.3 Å². The normalized spacial score (nSPS) is 10.8. The lowest BCUT2D eigenvalue weighted by Crippen LogP contribution is -2.26. The molecule has 4 aromatic rings. The van der Waals surface area contributed by atoms with Crippen LogP contribution in [0.5, 0.6) is 0 Å². The fourth-order valence-electron chi connectivity index (χ4n) is 3.88. The summed E-state index contributed by atoms with van der Waals surface area (Å²) in [5.74, 6) is -0.872. The number of nitrogens with zero attached hydrogens (tertiary/aromatic N) is 2. The van der Waals surface area contributed by atoms with Gasteiger partial charge in [-0.2, -0.15) is 0 Å². The van der Waals surface area contributed by atoms with Gasteiger partial charge in [-0.05, 0) is 55.3 Å². The Kier molecular flexibility index (Phi) is 8.25. The predicted octanol–water partition coefficient (Wildman–Crippen LogP) is 4.33. The standard InChI is InChI=1S/C28H27FN4O3S/c1-19-26(28(36)33(32(19)2)22-8-4-3-5-9-22)31-25(34)18-37-24-11-7-6-10-23(24)27(35)30-17-16-20-12-14-21(29)15-13-20/h3-15H,16-18H2,1-2H3,(H,30,35)(H,31,34). The Morgan fingerprint density at radius 1 is 0.946 bits per heavy atom. The monoisotopic (exact) mass is 518 g/mol. The Morgan fingerprint density at radius 3 is 2.35 bits per heavy atom. The number of carbonyl (C=O) groups excluding carboxylic acids is 2. The van der Waals surface area contributed by atoms with Gasteiger partial charge in [-0.25, -0.2) is 9.07 Å². The summed E-state index contributed by atoms with van der Waals surface area (Å²) in [6, 6.07) is 22.4. The van der Waals surface area contributed by atoms with Gasteiger partial charge >= 0.3 is 0 Å². The van der Waals surface area contributed by atoms with Crippen molar-refractivity contribution in [3.05, 3.63) is 112 Å². The number of benzene rings is 3. The molecular formula is C28H27FN4O3S. The number of anilines is 1. The van der Waals surface area contributed by atoms with Crippen molar-refractivity contribution < 1.29 is 14.0 Å². The van der Waals surface area contributed by atoms with Crippen LogP contribution in [0.15, 0.2) is 88.6 Å². The summed E-state index contributed by atoms with van der Waals surface area (Å²) >= 11 is 1.22. The summed E-state index contributed by atoms with van der Waals surface area (Å²) in [5, 5.41) is 5.62. The van der Waals surface area contributed by atoms with Crippen molar-refractivity contribution in [2.75, 3.05) is 17.6 Å². The van der Waals surface area contributed by atoms with Crippen LogP contribution in [-0.4, -0.2) is 33.5 Å². The molecule has 0 radical (unpaired) electrons. The van der Waals surface area contributed by atoms with E-state index in [2.05, 4.69) is 10.6 Å². The summed E-state index contributed by atoms with van der Waals surface area (Å²) < 4.78 is 16.3. The molecule has 0 saturated heterocycles. The van der Waals surface area contributed by atoms with Gasteiger partial charge in [-0.1, -0.05) is 42.5 Å². The highest BCUT2D eigenvalue weighted by molar-refractivity contribution is 8.00. The van der Waals surface area contributed by atoms with Gasteiger partial charge in [0.15, 0.2) is 0 Å². The molecule has 190 valence electrons. The quantitative estimate of drug-likeness (QED) is 0.323. The van der Waals surface area contributed by atoms with Crippen molar-refractivity contribution in [2.45, 2.75) is 18.2 Å². The molecule has 0 fully saturated rings. The molecule has 0 saturated carbocycles. The molecular weight excluding hydrogens is 491 g/mol. The average Bonchev–Trinajstić information content (AvgIpc) is 3.12. The zero-order chi connectivity index (χ0) is 26.4. The third-order valence-electron chi connectivity index (χ3n) is 5.92. The van der Waals surface area contributed by atoms with Crippen LogP contribution in [0.25, 0.3) is 5.69 Å². The van der Waals surface area contributed by atoms with Gasteiger partial charge in [-0.15, -0.1) is 11.8 Å². The zero-order valence-corrected chi connectivity index (χ0v) is 21.3. The predicted molar refractivity (Wildman–Crippen MR) is 144 cm³/mol. The lowest BCUT2D eigenvalue weighted by atomic mass is 10.1. The SMILES string of the molecule is Cc1c(NC(=O)CSc2ccccc2C(=O)NCCc2ccc(F)cc2)c(=O)n(-c2ccccc2)n1C. The van der Waals surface area contributed by atoms with Gasteiger partial charge in [0.1, 0.15) is 11.5 Å². The molecule has 1 heterocycles. The Bertz CT molecular complexity index is 1460. The van der Waals surface area contributed by atoms with E-state index in [4.69, 9.17) is 0 Å². The second-order valence-corrected chi connectivity index (χ2v) is 9.42. The van der Waals surface area contributed by atoms with E-state index in [1.807, 2.05) is 30.3 Å². The van der Waals surface area contributed by atoms with E-state index in [1.54, 1.807) is 55.1 Å². The number of nitrogens with one attached hydrogen (secondary N) is 2. The molecule has 1 aromatic heterocycles. The van der Waals surface area contributed by atoms with Crippen molar-refractivity contribution in [1.82, 2.24) is 14.7 Å². The fraction of sp³-hybridized carbons (Fsp3) is 0.179. The first-order chi connectivity index (χ1) is 17.8. The number of halogens is 1. The minimum absolute atomic E-state index is 0.0268. The maximum atomic E-state index is 13.1. The first-order valence-corrected chi connectivity index (χ1v) is 12.7. The number of hydrogen-bond donors (Lipinski definition) is 2. The lowest BCUT2D eigenvalue weighted by molar-refractivity contribution is -0.113. The van der Waals surface area contributed by atoms with E-state index in [-0.39, 0.29) is 34.6 Å². The topological polar surface area (TPSA) is 85.1 Å². The van der Waals surface area contributed by atoms with Gasteiger partial charge in [0.05, 0.1) is 22.7 Å². The third-order valence-corrected chi connectivity index (χ3v) is 7.00. The summed E-state index contributed by atoms with van der Waals surface area (Å²) in [7, 11) is 1.76. The second-order valence-electron chi connectivity index (χ2n) is 8.40. The van der Waals surface area contributed by atoms with Crippen LogP contribution >= 0.6 is 11.8 Å². The molecule has 7 nitrogen and oxygen atoms in total. The van der Waals surface area contributed by atoms with E-state index in [0.29, 0.717) is 34.8 Å². The highest BCUT2D eigenvalue weighted by Crippen LogP contribution is 2.23. The lowest BCUT2D eigenvalue weighted by Gasteiger charge is -2.10. The van der Waals surface area contributed by atoms with Gasteiger partial charge in [0.2, 0.25) is 5.91 Å². The zero-order valence-electron chi connectivity index (χ0n) is 20.5. The number of para-hydroxylation sites is 1. The number of aromatic nitrogens is 2. The molecule has 0 bridgehead atoms. The van der Waals surface area contributed by atoms with Crippen LogP contribution in [0.1, 0.15) is 21.6 Å². The Hall–Kier alpha value is -4.11. The third kappa shape index (κ3) is 6.18. The van der Waals surface area contributed by atoms with Gasteiger partial charge in [0.25, 0.3) is 11.5 Å². The number of rotatable bonds is 9. The molecule has 0 aliphatic carbocycles. The molecule has 0 aliphatic heterocycles. The summed E-state index contributed by atoms with van der Waals surface area (Å²) in [6.45, 7) is 2.17. The second kappa shape index (κ2) is 11.7. The molecule has 2 N–H and O–H groups in total. The van der Waals surface area contributed by atoms with Crippen molar-refractivity contribution in [2.24, 2.45) is 7.05 Å². The first kappa shape index (κ1) is 26.0. The number of hydrogen-bond acceptors (Lipinski definition) is 4. The molecule has 0 atom stereocenters. The van der Waals surface area contributed by atoms with Crippen molar-refractivity contribution in [3.8, 4) is 5.69 Å². The minimum Gasteiger partial charge on any atom is -0.352 e. The van der Waals surface area contributed by atoms with Crippen LogP contribution in [0.3, 0.4) is 0 Å². The highest BCUT2D eigenvalue weighted by Gasteiger charge is 2.19. The largest absolute Gasteiger partial charge is 0.352 e. The number of amides is 2. The van der Waals surface area contributed by atoms with E-state index in [0.717, 1.165) is 5.56 Å². The molecule has 9 heteroatoms. The Labute approximate surface area is 218 Å². The molecule has 3 aromatic carbocycles. The molecule has 0 spiro atoms.